The Hall–Kier alpha value is 0.320. The highest BCUT2D eigenvalue weighted by Crippen LogP contribution is 2.21. The summed E-state index contributed by atoms with van der Waals surface area (Å²) in [5.74, 6) is 3.36. The van der Waals surface area contributed by atoms with E-state index in [1.165, 1.54) is 51.1 Å². The van der Waals surface area contributed by atoms with Crippen LogP contribution in [0.3, 0.4) is 0 Å². The quantitative estimate of drug-likeness (QED) is 0.807. The summed E-state index contributed by atoms with van der Waals surface area (Å²) in [7, 11) is 0. The smallest absolute Gasteiger partial charge is 0.224 e. The number of halogens is 2. The van der Waals surface area contributed by atoms with Crippen molar-refractivity contribution in [2.75, 3.05) is 50.8 Å². The summed E-state index contributed by atoms with van der Waals surface area (Å²) < 4.78 is 0. The molecule has 3 aliphatic rings. The Morgan fingerprint density at radius 3 is 2.61 bits per heavy atom. The molecule has 3 saturated heterocycles. The lowest BCUT2D eigenvalue weighted by Crippen LogP contribution is -2.42. The van der Waals surface area contributed by atoms with Crippen LogP contribution in [0.2, 0.25) is 0 Å². The lowest BCUT2D eigenvalue weighted by Gasteiger charge is -2.29. The third-order valence-corrected chi connectivity index (χ3v) is 6.15. The first-order valence-corrected chi connectivity index (χ1v) is 9.78. The molecule has 2 atom stereocenters. The van der Waals surface area contributed by atoms with Crippen molar-refractivity contribution in [1.29, 1.82) is 0 Å². The van der Waals surface area contributed by atoms with Gasteiger partial charge in [0.1, 0.15) is 0 Å². The standard InChI is InChI=1S/C16H29N3OS.2ClH/c20-16(10-15-13-21-9-5-17-15)19-8-4-14(12-19)11-18-6-2-1-3-7-18;;/h14-15,17H,1-13H2;2*1H. The van der Waals surface area contributed by atoms with Gasteiger partial charge >= 0.3 is 0 Å². The molecule has 0 radical (unpaired) electrons. The SMILES string of the molecule is Cl.Cl.O=C(CC1CSCCN1)N1CCC(CN2CCCCC2)C1. The van der Waals surface area contributed by atoms with E-state index in [4.69, 9.17) is 0 Å². The van der Waals surface area contributed by atoms with Crippen molar-refractivity contribution in [3.05, 3.63) is 0 Å². The van der Waals surface area contributed by atoms with Gasteiger partial charge in [0.2, 0.25) is 5.91 Å². The van der Waals surface area contributed by atoms with Crippen molar-refractivity contribution in [2.24, 2.45) is 5.92 Å². The molecule has 0 aromatic carbocycles. The van der Waals surface area contributed by atoms with Gasteiger partial charge in [0.15, 0.2) is 0 Å². The van der Waals surface area contributed by atoms with Gasteiger partial charge in [-0.05, 0) is 38.3 Å². The van der Waals surface area contributed by atoms with E-state index in [0.29, 0.717) is 24.3 Å². The highest BCUT2D eigenvalue weighted by Gasteiger charge is 2.29. The molecule has 3 heterocycles. The van der Waals surface area contributed by atoms with Crippen molar-refractivity contribution in [2.45, 2.75) is 38.1 Å². The van der Waals surface area contributed by atoms with Crippen LogP contribution < -0.4 is 5.32 Å². The number of carbonyl (C=O) groups excluding carboxylic acids is 1. The highest BCUT2D eigenvalue weighted by atomic mass is 35.5. The van der Waals surface area contributed by atoms with Crippen LogP contribution in [0, 0.1) is 5.92 Å². The van der Waals surface area contributed by atoms with Crippen molar-refractivity contribution >= 4 is 42.5 Å². The number of carbonyl (C=O) groups is 1. The van der Waals surface area contributed by atoms with E-state index in [2.05, 4.69) is 15.1 Å². The zero-order valence-corrected chi connectivity index (χ0v) is 16.3. The van der Waals surface area contributed by atoms with Crippen molar-refractivity contribution in [3.63, 3.8) is 0 Å². The van der Waals surface area contributed by atoms with E-state index in [-0.39, 0.29) is 24.8 Å². The van der Waals surface area contributed by atoms with Crippen LogP contribution in [-0.4, -0.2) is 72.5 Å². The number of nitrogens with zero attached hydrogens (tertiary/aromatic N) is 2. The number of piperidine rings is 1. The summed E-state index contributed by atoms with van der Waals surface area (Å²) in [6, 6.07) is 0.400. The van der Waals surface area contributed by atoms with Gasteiger partial charge in [-0.25, -0.2) is 0 Å². The molecule has 136 valence electrons. The highest BCUT2D eigenvalue weighted by molar-refractivity contribution is 7.99. The molecular weight excluding hydrogens is 353 g/mol. The van der Waals surface area contributed by atoms with E-state index >= 15 is 0 Å². The van der Waals surface area contributed by atoms with Crippen LogP contribution in [-0.2, 0) is 4.79 Å². The molecule has 0 bridgehead atoms. The molecule has 3 aliphatic heterocycles. The summed E-state index contributed by atoms with van der Waals surface area (Å²) in [4.78, 5) is 17.1. The number of amides is 1. The maximum atomic E-state index is 12.4. The number of hydrogen-bond acceptors (Lipinski definition) is 4. The topological polar surface area (TPSA) is 35.6 Å². The van der Waals surface area contributed by atoms with Crippen molar-refractivity contribution in [1.82, 2.24) is 15.1 Å². The average Bonchev–Trinajstić information content (AvgIpc) is 2.98. The number of thioether (sulfide) groups is 1. The second kappa shape index (κ2) is 11.0. The first kappa shape index (κ1) is 21.4. The summed E-state index contributed by atoms with van der Waals surface area (Å²) in [5, 5.41) is 3.47. The Balaban J connectivity index is 0.00000132. The lowest BCUT2D eigenvalue weighted by atomic mass is 10.1. The first-order chi connectivity index (χ1) is 10.3. The molecule has 0 aliphatic carbocycles. The maximum absolute atomic E-state index is 12.4. The van der Waals surface area contributed by atoms with E-state index in [1.807, 2.05) is 11.8 Å². The van der Waals surface area contributed by atoms with Crippen LogP contribution >= 0.6 is 36.6 Å². The number of rotatable bonds is 4. The molecule has 4 nitrogen and oxygen atoms in total. The minimum absolute atomic E-state index is 0. The van der Waals surface area contributed by atoms with Gasteiger partial charge in [-0.15, -0.1) is 24.8 Å². The Morgan fingerprint density at radius 2 is 1.91 bits per heavy atom. The molecule has 23 heavy (non-hydrogen) atoms. The van der Waals surface area contributed by atoms with Gasteiger partial charge in [-0.1, -0.05) is 6.42 Å². The van der Waals surface area contributed by atoms with Gasteiger partial charge < -0.3 is 15.1 Å². The van der Waals surface area contributed by atoms with E-state index in [9.17, 15) is 4.79 Å². The van der Waals surface area contributed by atoms with Crippen molar-refractivity contribution in [3.8, 4) is 0 Å². The molecule has 1 N–H and O–H groups in total. The monoisotopic (exact) mass is 383 g/mol. The fourth-order valence-electron chi connectivity index (χ4n) is 3.81. The van der Waals surface area contributed by atoms with E-state index in [1.54, 1.807) is 0 Å². The number of hydrogen-bond donors (Lipinski definition) is 1. The Morgan fingerprint density at radius 1 is 1.13 bits per heavy atom. The lowest BCUT2D eigenvalue weighted by molar-refractivity contribution is -0.130. The molecular formula is C16H31Cl2N3OS. The first-order valence-electron chi connectivity index (χ1n) is 8.62. The van der Waals surface area contributed by atoms with Gasteiger partial charge in [-0.2, -0.15) is 11.8 Å². The molecule has 3 fully saturated rings. The summed E-state index contributed by atoms with van der Waals surface area (Å²) in [6.45, 7) is 6.79. The number of nitrogens with one attached hydrogen (secondary N) is 1. The molecule has 7 heteroatoms. The van der Waals surface area contributed by atoms with Gasteiger partial charge in [0.05, 0.1) is 0 Å². The van der Waals surface area contributed by atoms with Crippen LogP contribution in [0.4, 0.5) is 0 Å². The molecule has 0 aromatic heterocycles. The normalized spacial score (nSPS) is 28.8. The van der Waals surface area contributed by atoms with E-state index in [0.717, 1.165) is 25.4 Å². The summed E-state index contributed by atoms with van der Waals surface area (Å²) >= 11 is 1.97. The molecule has 3 rings (SSSR count). The summed E-state index contributed by atoms with van der Waals surface area (Å²) in [6.07, 6.45) is 6.03. The van der Waals surface area contributed by atoms with Crippen molar-refractivity contribution < 1.29 is 4.79 Å². The fraction of sp³-hybridized carbons (Fsp3) is 0.938. The molecule has 0 saturated carbocycles. The summed E-state index contributed by atoms with van der Waals surface area (Å²) in [5.41, 5.74) is 0. The zero-order valence-electron chi connectivity index (χ0n) is 13.9. The zero-order chi connectivity index (χ0) is 14.5. The van der Waals surface area contributed by atoms with Gasteiger partial charge in [0.25, 0.3) is 0 Å². The fourth-order valence-corrected chi connectivity index (χ4v) is 4.76. The van der Waals surface area contributed by atoms with Gasteiger partial charge in [-0.3, -0.25) is 4.79 Å². The third-order valence-electron chi connectivity index (χ3n) is 5.02. The second-order valence-electron chi connectivity index (χ2n) is 6.79. The predicted octanol–water partition coefficient (Wildman–Crippen LogP) is 2.26. The predicted molar refractivity (Wildman–Crippen MR) is 103 cm³/mol. The molecule has 0 aromatic rings. The van der Waals surface area contributed by atoms with Crippen LogP contribution in [0.1, 0.15) is 32.1 Å². The van der Waals surface area contributed by atoms with Gasteiger partial charge in [0, 0.05) is 50.1 Å². The Labute approximate surface area is 157 Å². The number of likely N-dealkylation sites (tertiary alicyclic amines) is 2. The minimum atomic E-state index is 0. The third kappa shape index (κ3) is 6.62. The Bertz CT molecular complexity index is 350. The average molecular weight is 384 g/mol. The maximum Gasteiger partial charge on any atom is 0.224 e. The molecule has 2 unspecified atom stereocenters. The molecule has 0 spiro atoms. The Kier molecular flexibility index (Phi) is 10.3. The van der Waals surface area contributed by atoms with Crippen LogP contribution in [0.25, 0.3) is 0 Å². The minimum Gasteiger partial charge on any atom is -0.342 e. The van der Waals surface area contributed by atoms with Crippen LogP contribution in [0.5, 0.6) is 0 Å². The van der Waals surface area contributed by atoms with Crippen LogP contribution in [0.15, 0.2) is 0 Å². The van der Waals surface area contributed by atoms with E-state index < -0.39 is 0 Å². The molecule has 1 amide bonds. The second-order valence-corrected chi connectivity index (χ2v) is 7.94. The largest absolute Gasteiger partial charge is 0.342 e.